The van der Waals surface area contributed by atoms with Crippen LogP contribution in [0.2, 0.25) is 0 Å². The summed E-state index contributed by atoms with van der Waals surface area (Å²) in [6.07, 6.45) is 4.13. The Morgan fingerprint density at radius 3 is 1.03 bits per heavy atom. The fourth-order valence-electron chi connectivity index (χ4n) is 16.3. The van der Waals surface area contributed by atoms with Gasteiger partial charge in [0.25, 0.3) is 0 Å². The van der Waals surface area contributed by atoms with Gasteiger partial charge in [-0.15, -0.1) is 0 Å². The third-order valence-electron chi connectivity index (χ3n) is 19.8. The normalized spacial score (nSPS) is 13.5. The Labute approximate surface area is 531 Å². The largest absolute Gasteiger partial charge is 0.457 e. The van der Waals surface area contributed by atoms with E-state index in [4.69, 9.17) is 14.7 Å². The standard InChI is InChI=1S/C83H49N7OS/c1-8-28-63-53(21-1)54-22-2-9-29-64(54)87(63)51-46-61-81(84-48-51)82-62(47-52(49-85-82)88-65-30-10-3-23-55(65)56-24-4-11-31-66(56)88)83(61)79-73(89-67-32-12-5-25-57(67)58-26-6-13-33-68(58)89)37-19-39-75(79)91-76-40-20-38-74(80(76)83)90-69-34-14-7-27-59(69)60-45-50(43-44-70(60)90)86-71-35-15-17-41-77(71)92-78-42-18-16-36-72(78)86/h1-49H. The summed E-state index contributed by atoms with van der Waals surface area (Å²) < 4.78 is 17.5. The number of fused-ring (bicyclic) bond motifs is 23. The maximum absolute atomic E-state index is 7.73. The van der Waals surface area contributed by atoms with Gasteiger partial charge in [0.05, 0.1) is 107 Å². The Bertz CT molecular complexity index is 5890. The fourth-order valence-corrected chi connectivity index (χ4v) is 17.3. The molecule has 3 aliphatic rings. The van der Waals surface area contributed by atoms with Gasteiger partial charge in [-0.3, -0.25) is 9.97 Å². The number of benzene rings is 12. The zero-order valence-electron chi connectivity index (χ0n) is 49.2. The highest BCUT2D eigenvalue weighted by atomic mass is 32.2. The summed E-state index contributed by atoms with van der Waals surface area (Å²) in [5.41, 5.74) is 20.5. The van der Waals surface area contributed by atoms with Crippen LogP contribution in [0.15, 0.2) is 307 Å². The van der Waals surface area contributed by atoms with E-state index < -0.39 is 5.41 Å². The maximum atomic E-state index is 7.73. The van der Waals surface area contributed by atoms with E-state index in [1.807, 2.05) is 11.8 Å². The second-order valence-corrected chi connectivity index (χ2v) is 25.5. The lowest BCUT2D eigenvalue weighted by atomic mass is 9.65. The predicted octanol–water partition coefficient (Wildman–Crippen LogP) is 21.3. The summed E-state index contributed by atoms with van der Waals surface area (Å²) in [4.78, 5) is 16.4. The van der Waals surface area contributed by atoms with Crippen molar-refractivity contribution in [3.63, 3.8) is 0 Å². The Morgan fingerprint density at radius 1 is 0.283 bits per heavy atom. The van der Waals surface area contributed by atoms with Gasteiger partial charge in [-0.05, 0) is 121 Å². The van der Waals surface area contributed by atoms with Crippen LogP contribution >= 0.6 is 11.8 Å². The van der Waals surface area contributed by atoms with Crippen molar-refractivity contribution in [1.82, 2.24) is 28.2 Å². The molecule has 21 rings (SSSR count). The number of hydrogen-bond donors (Lipinski definition) is 0. The lowest BCUT2D eigenvalue weighted by Gasteiger charge is -2.42. The molecule has 2 aliphatic heterocycles. The second-order valence-electron chi connectivity index (χ2n) is 24.4. The van der Waals surface area contributed by atoms with Crippen molar-refractivity contribution < 1.29 is 4.74 Å². The molecule has 0 atom stereocenters. The highest BCUT2D eigenvalue weighted by Crippen LogP contribution is 2.65. The van der Waals surface area contributed by atoms with Crippen molar-refractivity contribution in [2.75, 3.05) is 4.90 Å². The number of nitrogens with zero attached hydrogens (tertiary/aromatic N) is 7. The summed E-state index contributed by atoms with van der Waals surface area (Å²) in [6.45, 7) is 0. The van der Waals surface area contributed by atoms with E-state index in [0.29, 0.717) is 0 Å². The van der Waals surface area contributed by atoms with Crippen molar-refractivity contribution in [2.45, 2.75) is 15.2 Å². The molecule has 0 fully saturated rings. The van der Waals surface area contributed by atoms with Gasteiger partial charge in [0.15, 0.2) is 0 Å². The van der Waals surface area contributed by atoms with Crippen molar-refractivity contribution >= 4 is 116 Å². The van der Waals surface area contributed by atoms with E-state index in [2.05, 4.69) is 321 Å². The lowest BCUT2D eigenvalue weighted by Crippen LogP contribution is -2.35. The van der Waals surface area contributed by atoms with Crippen LogP contribution in [-0.2, 0) is 5.41 Å². The van der Waals surface area contributed by atoms with E-state index in [1.54, 1.807) is 0 Å². The highest BCUT2D eigenvalue weighted by Gasteiger charge is 2.56. The van der Waals surface area contributed by atoms with E-state index in [1.165, 1.54) is 42.1 Å². The van der Waals surface area contributed by atoms with Crippen LogP contribution in [0.5, 0.6) is 11.5 Å². The topological polar surface area (TPSA) is 58.0 Å². The average Bonchev–Trinajstić information content (AvgIpc) is 1.43. The minimum absolute atomic E-state index is 0.749. The van der Waals surface area contributed by atoms with Gasteiger partial charge in [0.2, 0.25) is 0 Å². The molecule has 0 bridgehead atoms. The third-order valence-corrected chi connectivity index (χ3v) is 21.0. The van der Waals surface area contributed by atoms with Gasteiger partial charge < -0.3 is 27.9 Å². The molecule has 8 heterocycles. The zero-order chi connectivity index (χ0) is 59.9. The predicted molar refractivity (Wildman–Crippen MR) is 376 cm³/mol. The van der Waals surface area contributed by atoms with E-state index in [-0.39, 0.29) is 0 Å². The quantitative estimate of drug-likeness (QED) is 0.172. The molecule has 6 aromatic heterocycles. The van der Waals surface area contributed by atoms with Crippen molar-refractivity contribution in [3.05, 3.63) is 320 Å². The summed E-state index contributed by atoms with van der Waals surface area (Å²) in [7, 11) is 0. The molecule has 12 aromatic carbocycles. The highest BCUT2D eigenvalue weighted by molar-refractivity contribution is 7.99. The Morgan fingerprint density at radius 2 is 0.620 bits per heavy atom. The van der Waals surface area contributed by atoms with Gasteiger partial charge in [0.1, 0.15) is 11.5 Å². The number of aromatic nitrogens is 6. The molecule has 0 unspecified atom stereocenters. The van der Waals surface area contributed by atoms with E-state index in [9.17, 15) is 0 Å². The minimum atomic E-state index is -1.19. The number of para-hydroxylation sites is 9. The van der Waals surface area contributed by atoms with Crippen LogP contribution < -0.4 is 9.64 Å². The molecule has 1 spiro atoms. The molecule has 0 saturated carbocycles. The van der Waals surface area contributed by atoms with Crippen LogP contribution in [0.4, 0.5) is 17.1 Å². The Hall–Kier alpha value is -11.9. The molecule has 0 radical (unpaired) electrons. The number of rotatable bonds is 5. The Kier molecular flexibility index (Phi) is 10.1. The maximum Gasteiger partial charge on any atom is 0.134 e. The molecule has 428 valence electrons. The molecule has 92 heavy (non-hydrogen) atoms. The molecule has 18 aromatic rings. The molecular formula is C83H49N7OS. The van der Waals surface area contributed by atoms with Gasteiger partial charge in [0, 0.05) is 80.8 Å². The van der Waals surface area contributed by atoms with Crippen LogP contribution in [-0.4, -0.2) is 28.2 Å². The first-order chi connectivity index (χ1) is 45.7. The zero-order valence-corrected chi connectivity index (χ0v) is 50.1. The summed E-state index contributed by atoms with van der Waals surface area (Å²) in [5, 5.41) is 9.34. The van der Waals surface area contributed by atoms with Gasteiger partial charge in [-0.25, -0.2) is 0 Å². The molecule has 0 saturated heterocycles. The van der Waals surface area contributed by atoms with Crippen molar-refractivity contribution in [1.29, 1.82) is 0 Å². The first kappa shape index (κ1) is 50.0. The van der Waals surface area contributed by atoms with E-state index in [0.717, 1.165) is 140 Å². The van der Waals surface area contributed by atoms with Crippen LogP contribution in [0.1, 0.15) is 22.3 Å². The first-order valence-electron chi connectivity index (χ1n) is 31.3. The second kappa shape index (κ2) is 18.6. The summed E-state index contributed by atoms with van der Waals surface area (Å²) in [6, 6.07) is 104. The van der Waals surface area contributed by atoms with Gasteiger partial charge >= 0.3 is 0 Å². The average molecular weight is 1190 g/mol. The van der Waals surface area contributed by atoms with Gasteiger partial charge in [-0.1, -0.05) is 176 Å². The number of pyridine rings is 2. The smallest absolute Gasteiger partial charge is 0.134 e. The molecular weight excluding hydrogens is 1140 g/mol. The van der Waals surface area contributed by atoms with Crippen LogP contribution in [0.25, 0.3) is 121 Å². The third kappa shape index (κ3) is 6.55. The monoisotopic (exact) mass is 1190 g/mol. The number of hydrogen-bond acceptors (Lipinski definition) is 5. The Balaban J connectivity index is 0.925. The number of ether oxygens (including phenoxy) is 1. The van der Waals surface area contributed by atoms with E-state index >= 15 is 0 Å². The SMILES string of the molecule is c1ccc2c(c1)Sc1ccccc1N2c1ccc2c(c1)c1ccccc1n2-c1cccc2c1C1(c3cc(-n4c5ccccc5c5ccccc54)cnc3-c3ncc(-n4c5ccccc5c5ccccc54)cc31)c1c(cccc1-n1c3ccccc3c3ccccc31)O2. The van der Waals surface area contributed by atoms with Gasteiger partial charge in [-0.2, -0.15) is 0 Å². The van der Waals surface area contributed by atoms with Crippen molar-refractivity contribution in [3.8, 4) is 45.6 Å². The summed E-state index contributed by atoms with van der Waals surface area (Å²) >= 11 is 1.83. The first-order valence-corrected chi connectivity index (χ1v) is 32.1. The molecule has 0 N–H and O–H groups in total. The lowest BCUT2D eigenvalue weighted by molar-refractivity contribution is 0.435. The summed E-state index contributed by atoms with van der Waals surface area (Å²) in [5.74, 6) is 1.50. The molecule has 9 heteroatoms. The van der Waals surface area contributed by atoms with Crippen molar-refractivity contribution in [2.24, 2.45) is 0 Å². The molecule has 0 amide bonds. The van der Waals surface area contributed by atoms with Crippen LogP contribution in [0, 0.1) is 0 Å². The molecule has 1 aliphatic carbocycles. The number of anilines is 3. The fraction of sp³-hybridized carbons (Fsp3) is 0.0120. The van der Waals surface area contributed by atoms with Crippen LogP contribution in [0.3, 0.4) is 0 Å². The molecule has 8 nitrogen and oxygen atoms in total. The minimum Gasteiger partial charge on any atom is -0.457 e.